The van der Waals surface area contributed by atoms with Crippen molar-refractivity contribution in [2.45, 2.75) is 13.0 Å². The highest BCUT2D eigenvalue weighted by Crippen LogP contribution is 2.15. The number of fused-ring (bicyclic) bond motifs is 1. The summed E-state index contributed by atoms with van der Waals surface area (Å²) in [7, 11) is 0. The molecule has 0 spiro atoms. The van der Waals surface area contributed by atoms with E-state index in [4.69, 9.17) is 0 Å². The molecule has 0 unspecified atom stereocenters. The molecule has 90 valence electrons. The summed E-state index contributed by atoms with van der Waals surface area (Å²) in [6.45, 7) is 2.01. The predicted molar refractivity (Wildman–Crippen MR) is 76.4 cm³/mol. The second kappa shape index (κ2) is 6.62. The van der Waals surface area contributed by atoms with Gasteiger partial charge in [-0.3, -0.25) is 4.98 Å². The third-order valence-corrected chi connectivity index (χ3v) is 3.45. The maximum absolute atomic E-state index is 4.37. The predicted octanol–water partition coefficient (Wildman–Crippen LogP) is 3.08. The van der Waals surface area contributed by atoms with Crippen LogP contribution in [0, 0.1) is 0 Å². The van der Waals surface area contributed by atoms with Crippen LogP contribution in [0.15, 0.2) is 36.5 Å². The van der Waals surface area contributed by atoms with Gasteiger partial charge in [0.25, 0.3) is 0 Å². The van der Waals surface area contributed by atoms with Crippen LogP contribution in [0.25, 0.3) is 10.9 Å². The van der Waals surface area contributed by atoms with Crippen LogP contribution in [-0.4, -0.2) is 23.5 Å². The van der Waals surface area contributed by atoms with Crippen LogP contribution < -0.4 is 5.32 Å². The van der Waals surface area contributed by atoms with E-state index in [2.05, 4.69) is 40.8 Å². The lowest BCUT2D eigenvalue weighted by atomic mass is 10.1. The Morgan fingerprint density at radius 1 is 1.24 bits per heavy atom. The van der Waals surface area contributed by atoms with Crippen molar-refractivity contribution < 1.29 is 0 Å². The molecule has 1 aromatic carbocycles. The molecule has 2 nitrogen and oxygen atoms in total. The molecule has 3 heteroatoms. The number of rotatable bonds is 6. The van der Waals surface area contributed by atoms with Crippen molar-refractivity contribution in [3.05, 3.63) is 42.1 Å². The van der Waals surface area contributed by atoms with Crippen molar-refractivity contribution in [3.63, 3.8) is 0 Å². The number of hydrogen-bond donors (Lipinski definition) is 1. The van der Waals surface area contributed by atoms with Crippen molar-refractivity contribution in [2.24, 2.45) is 0 Å². The number of benzene rings is 1. The lowest BCUT2D eigenvalue weighted by Gasteiger charge is -2.07. The van der Waals surface area contributed by atoms with Crippen LogP contribution in [0.5, 0.6) is 0 Å². The van der Waals surface area contributed by atoms with E-state index in [1.54, 1.807) is 0 Å². The van der Waals surface area contributed by atoms with Crippen LogP contribution in [0.4, 0.5) is 0 Å². The van der Waals surface area contributed by atoms with Gasteiger partial charge in [0, 0.05) is 18.1 Å². The van der Waals surface area contributed by atoms with Gasteiger partial charge >= 0.3 is 0 Å². The molecular weight excluding hydrogens is 228 g/mol. The van der Waals surface area contributed by atoms with Gasteiger partial charge in [0.2, 0.25) is 0 Å². The Balaban J connectivity index is 1.98. The summed E-state index contributed by atoms with van der Waals surface area (Å²) in [5.41, 5.74) is 2.41. The number of aromatic nitrogens is 1. The summed E-state index contributed by atoms with van der Waals surface area (Å²) >= 11 is 1.90. The second-order valence-electron chi connectivity index (χ2n) is 4.01. The van der Waals surface area contributed by atoms with E-state index in [0.29, 0.717) is 0 Å². The topological polar surface area (TPSA) is 24.9 Å². The van der Waals surface area contributed by atoms with Gasteiger partial charge in [-0.2, -0.15) is 11.8 Å². The summed E-state index contributed by atoms with van der Waals surface area (Å²) in [4.78, 5) is 4.37. The minimum atomic E-state index is 0.928. The summed E-state index contributed by atoms with van der Waals surface area (Å²) in [5.74, 6) is 1.23. The Hall–Kier alpha value is -1.06. The van der Waals surface area contributed by atoms with Gasteiger partial charge < -0.3 is 5.32 Å². The Labute approximate surface area is 107 Å². The number of nitrogens with zero attached hydrogens (tertiary/aromatic N) is 1. The fourth-order valence-electron chi connectivity index (χ4n) is 1.87. The average Bonchev–Trinajstić information content (AvgIpc) is 2.39. The zero-order chi connectivity index (χ0) is 11.9. The summed E-state index contributed by atoms with van der Waals surface area (Å²) in [6.07, 6.45) is 5.27. The maximum atomic E-state index is 4.37. The van der Waals surface area contributed by atoms with Crippen molar-refractivity contribution >= 4 is 22.7 Å². The van der Waals surface area contributed by atoms with Crippen molar-refractivity contribution in [2.75, 3.05) is 18.6 Å². The molecule has 0 amide bonds. The maximum Gasteiger partial charge on any atom is 0.0705 e. The molecule has 0 saturated carbocycles. The molecular formula is C14H18N2S. The van der Waals surface area contributed by atoms with Gasteiger partial charge in [0.05, 0.1) is 5.52 Å². The molecule has 17 heavy (non-hydrogen) atoms. The molecule has 2 aromatic rings. The molecule has 0 aliphatic heterocycles. The SMILES string of the molecule is CSCCCNCc1ccnc2ccccc12. The second-order valence-corrected chi connectivity index (χ2v) is 5.00. The minimum absolute atomic E-state index is 0.928. The van der Waals surface area contributed by atoms with E-state index < -0.39 is 0 Å². The van der Waals surface area contributed by atoms with E-state index in [9.17, 15) is 0 Å². The van der Waals surface area contributed by atoms with Gasteiger partial charge in [0.15, 0.2) is 0 Å². The molecule has 0 bridgehead atoms. The molecule has 0 aliphatic carbocycles. The van der Waals surface area contributed by atoms with Crippen LogP contribution in [0.3, 0.4) is 0 Å². The third kappa shape index (κ3) is 3.45. The van der Waals surface area contributed by atoms with Crippen molar-refractivity contribution in [3.8, 4) is 0 Å². The number of hydrogen-bond acceptors (Lipinski definition) is 3. The largest absolute Gasteiger partial charge is 0.313 e. The molecule has 1 N–H and O–H groups in total. The minimum Gasteiger partial charge on any atom is -0.313 e. The Morgan fingerprint density at radius 2 is 2.12 bits per heavy atom. The smallest absolute Gasteiger partial charge is 0.0705 e. The first-order valence-electron chi connectivity index (χ1n) is 5.94. The van der Waals surface area contributed by atoms with Crippen LogP contribution in [0.1, 0.15) is 12.0 Å². The van der Waals surface area contributed by atoms with Crippen LogP contribution >= 0.6 is 11.8 Å². The molecule has 0 radical (unpaired) electrons. The van der Waals surface area contributed by atoms with Crippen molar-refractivity contribution in [1.82, 2.24) is 10.3 Å². The van der Waals surface area contributed by atoms with E-state index in [-0.39, 0.29) is 0 Å². The quantitative estimate of drug-likeness (QED) is 0.793. The van der Waals surface area contributed by atoms with Gasteiger partial charge in [-0.1, -0.05) is 18.2 Å². The van der Waals surface area contributed by atoms with Gasteiger partial charge in [-0.15, -0.1) is 0 Å². The normalized spacial score (nSPS) is 10.9. The fraction of sp³-hybridized carbons (Fsp3) is 0.357. The lowest BCUT2D eigenvalue weighted by molar-refractivity contribution is 0.681. The highest BCUT2D eigenvalue weighted by molar-refractivity contribution is 7.98. The first-order valence-corrected chi connectivity index (χ1v) is 7.33. The average molecular weight is 246 g/mol. The van der Waals surface area contributed by atoms with E-state index >= 15 is 0 Å². The Kier molecular flexibility index (Phi) is 4.83. The zero-order valence-electron chi connectivity index (χ0n) is 10.1. The van der Waals surface area contributed by atoms with Crippen molar-refractivity contribution in [1.29, 1.82) is 0 Å². The third-order valence-electron chi connectivity index (χ3n) is 2.76. The van der Waals surface area contributed by atoms with Crippen LogP contribution in [0.2, 0.25) is 0 Å². The van der Waals surface area contributed by atoms with Gasteiger partial charge in [-0.05, 0) is 42.7 Å². The summed E-state index contributed by atoms with van der Waals surface area (Å²) in [6, 6.07) is 10.4. The van der Waals surface area contributed by atoms with Gasteiger partial charge in [0.1, 0.15) is 0 Å². The molecule has 1 aromatic heterocycles. The highest BCUT2D eigenvalue weighted by Gasteiger charge is 2.00. The molecule has 2 rings (SSSR count). The number of para-hydroxylation sites is 1. The zero-order valence-corrected chi connectivity index (χ0v) is 11.0. The monoisotopic (exact) mass is 246 g/mol. The molecule has 1 heterocycles. The molecule has 0 atom stereocenters. The highest BCUT2D eigenvalue weighted by atomic mass is 32.2. The first-order chi connectivity index (χ1) is 8.42. The van der Waals surface area contributed by atoms with Gasteiger partial charge in [-0.25, -0.2) is 0 Å². The summed E-state index contributed by atoms with van der Waals surface area (Å²) in [5, 5.41) is 4.74. The van der Waals surface area contributed by atoms with E-state index in [0.717, 1.165) is 18.6 Å². The Bertz CT molecular complexity index is 465. The van der Waals surface area contributed by atoms with E-state index in [1.807, 2.05) is 24.0 Å². The Morgan fingerprint density at radius 3 is 3.00 bits per heavy atom. The lowest BCUT2D eigenvalue weighted by Crippen LogP contribution is -2.15. The standard InChI is InChI=1S/C14H18N2S/c1-17-10-4-8-15-11-12-7-9-16-14-6-3-2-5-13(12)14/h2-3,5-7,9,15H,4,8,10-11H2,1H3. The molecule has 0 fully saturated rings. The molecule has 0 saturated heterocycles. The number of pyridine rings is 1. The number of thioether (sulfide) groups is 1. The fourth-order valence-corrected chi connectivity index (χ4v) is 2.31. The summed E-state index contributed by atoms with van der Waals surface area (Å²) < 4.78 is 0. The van der Waals surface area contributed by atoms with E-state index in [1.165, 1.54) is 23.1 Å². The van der Waals surface area contributed by atoms with Crippen LogP contribution in [-0.2, 0) is 6.54 Å². The molecule has 0 aliphatic rings. The number of nitrogens with one attached hydrogen (secondary N) is 1. The first kappa shape index (κ1) is 12.4.